The minimum Gasteiger partial charge on any atom is -0.417 e. The molecule has 0 amide bonds. The third-order valence-electron chi connectivity index (χ3n) is 9.29. The second kappa shape index (κ2) is 25.6. The van der Waals surface area contributed by atoms with E-state index in [9.17, 15) is 0 Å². The van der Waals surface area contributed by atoms with E-state index in [2.05, 4.69) is 80.1 Å². The van der Waals surface area contributed by atoms with Crippen molar-refractivity contribution in [2.45, 2.75) is 173 Å². The van der Waals surface area contributed by atoms with Gasteiger partial charge < -0.3 is 4.43 Å². The van der Waals surface area contributed by atoms with Crippen molar-refractivity contribution in [3.63, 3.8) is 0 Å². The molecule has 1 nitrogen and oxygen atoms in total. The molecule has 1 aromatic carbocycles. The Labute approximate surface area is 269 Å². The molecule has 0 fully saturated rings. The van der Waals surface area contributed by atoms with Crippen LogP contribution in [0.4, 0.5) is 0 Å². The van der Waals surface area contributed by atoms with Crippen molar-refractivity contribution >= 4 is 32.2 Å². The summed E-state index contributed by atoms with van der Waals surface area (Å²) in [5.41, 5.74) is 1.54. The molecular formula is C37H70BrOPSi. The van der Waals surface area contributed by atoms with Gasteiger partial charge in [-0.25, -0.2) is 0 Å². The highest BCUT2D eigenvalue weighted by atomic mass is 79.9. The zero-order valence-corrected chi connectivity index (χ0v) is 31.8. The molecule has 0 radical (unpaired) electrons. The average Bonchev–Trinajstić information content (AvgIpc) is 2.93. The van der Waals surface area contributed by atoms with Crippen LogP contribution in [0.15, 0.2) is 30.3 Å². The molecule has 1 aromatic rings. The molecule has 0 N–H and O–H groups in total. The first-order chi connectivity index (χ1) is 19.8. The van der Waals surface area contributed by atoms with Gasteiger partial charge >= 0.3 is 0 Å². The van der Waals surface area contributed by atoms with Crippen LogP contribution in [0.1, 0.15) is 155 Å². The highest BCUT2D eigenvalue weighted by Gasteiger charge is 2.36. The van der Waals surface area contributed by atoms with Gasteiger partial charge in [-0.1, -0.05) is 183 Å². The van der Waals surface area contributed by atoms with Crippen LogP contribution in [-0.4, -0.2) is 32.6 Å². The quantitative estimate of drug-likeness (QED) is 0.0373. The van der Waals surface area contributed by atoms with Gasteiger partial charge in [0.1, 0.15) is 0 Å². The molecule has 1 atom stereocenters. The molecule has 4 heteroatoms. The summed E-state index contributed by atoms with van der Waals surface area (Å²) in [6.45, 7) is 12.7. The normalized spacial score (nSPS) is 13.1. The lowest BCUT2D eigenvalue weighted by atomic mass is 10.0. The maximum atomic E-state index is 6.30. The number of alkyl halides is 1. The van der Waals surface area contributed by atoms with Crippen molar-refractivity contribution in [2.24, 2.45) is 0 Å². The van der Waals surface area contributed by atoms with Gasteiger partial charge in [0, 0.05) is 11.9 Å². The number of hydrogen-bond donors (Lipinski definition) is 0. The summed E-state index contributed by atoms with van der Waals surface area (Å²) in [6.07, 6.45) is 32.9. The molecule has 1 unspecified atom stereocenters. The Kier molecular flexibility index (Phi) is 24.6. The van der Waals surface area contributed by atoms with Crippen molar-refractivity contribution in [1.29, 1.82) is 0 Å². The number of rotatable bonds is 28. The molecule has 0 aromatic heterocycles. The first-order valence-electron chi connectivity index (χ1n) is 17.7. The van der Waals surface area contributed by atoms with E-state index in [1.165, 1.54) is 158 Å². The van der Waals surface area contributed by atoms with Crippen LogP contribution in [0.5, 0.6) is 0 Å². The predicted octanol–water partition coefficient (Wildman–Crippen LogP) is 13.9. The van der Waals surface area contributed by atoms with Gasteiger partial charge in [0.15, 0.2) is 8.32 Å². The van der Waals surface area contributed by atoms with E-state index in [4.69, 9.17) is 4.43 Å². The minimum absolute atomic E-state index is 0.161. The lowest BCUT2D eigenvalue weighted by molar-refractivity contribution is 0.277. The zero-order chi connectivity index (χ0) is 30.1. The lowest BCUT2D eigenvalue weighted by Crippen LogP contribution is -2.40. The van der Waals surface area contributed by atoms with Crippen LogP contribution in [0.2, 0.25) is 18.1 Å². The van der Waals surface area contributed by atoms with Crippen molar-refractivity contribution < 1.29 is 4.43 Å². The Hall–Kier alpha value is 0.307. The molecule has 41 heavy (non-hydrogen) atoms. The molecule has 0 heterocycles. The van der Waals surface area contributed by atoms with Crippen molar-refractivity contribution in [3.05, 3.63) is 35.9 Å². The summed E-state index contributed by atoms with van der Waals surface area (Å²) < 4.78 is 6.30. The molecule has 240 valence electrons. The molecule has 0 spiro atoms. The monoisotopic (exact) mass is 668 g/mol. The van der Waals surface area contributed by atoms with Gasteiger partial charge in [-0.3, -0.25) is 0 Å². The standard InChI is InChI=1S/C37H70BrOPSi/c1-37(2,3)41(4,5)39-32-27-22-20-18-16-14-12-10-8-6-7-9-11-13-15-17-19-21-23-28-33-40(34-31-38)35-36-29-25-24-26-30-36/h24-26,29-30H,6-23,27-28,31-35H2,1-5H3. The SMILES string of the molecule is CC(C)(C)[Si](C)(C)OCCCCCCCCCCCCCCCCCCCCCCP(CCBr)Cc1ccccc1. The lowest BCUT2D eigenvalue weighted by Gasteiger charge is -2.36. The van der Waals surface area contributed by atoms with Gasteiger partial charge in [-0.2, -0.15) is 0 Å². The number of halogens is 1. The van der Waals surface area contributed by atoms with E-state index in [0.29, 0.717) is 5.04 Å². The van der Waals surface area contributed by atoms with E-state index in [1.807, 2.05) is 0 Å². The average molecular weight is 670 g/mol. The fourth-order valence-electron chi connectivity index (χ4n) is 5.39. The Morgan fingerprint density at radius 2 is 0.976 bits per heavy atom. The summed E-state index contributed by atoms with van der Waals surface area (Å²) >= 11 is 3.69. The predicted molar refractivity (Wildman–Crippen MR) is 196 cm³/mol. The summed E-state index contributed by atoms with van der Waals surface area (Å²) in [4.78, 5) is 0. The van der Waals surface area contributed by atoms with Crippen LogP contribution >= 0.6 is 23.9 Å². The fourth-order valence-corrected chi connectivity index (χ4v) is 10.2. The van der Waals surface area contributed by atoms with Crippen molar-refractivity contribution in [2.75, 3.05) is 24.3 Å². The van der Waals surface area contributed by atoms with Crippen LogP contribution in [0.25, 0.3) is 0 Å². The molecule has 1 rings (SSSR count). The van der Waals surface area contributed by atoms with Gasteiger partial charge in [-0.15, -0.1) is 7.92 Å². The van der Waals surface area contributed by atoms with E-state index in [-0.39, 0.29) is 7.92 Å². The first kappa shape index (κ1) is 39.3. The molecule has 0 saturated heterocycles. The number of benzene rings is 1. The smallest absolute Gasteiger partial charge is 0.191 e. The highest BCUT2D eigenvalue weighted by molar-refractivity contribution is 9.09. The van der Waals surface area contributed by atoms with Crippen LogP contribution in [-0.2, 0) is 10.6 Å². The largest absolute Gasteiger partial charge is 0.417 e. The Bertz CT molecular complexity index is 690. The Balaban J connectivity index is 1.77. The van der Waals surface area contributed by atoms with E-state index < -0.39 is 8.32 Å². The maximum absolute atomic E-state index is 6.30. The molecule has 0 aliphatic carbocycles. The summed E-state index contributed by atoms with van der Waals surface area (Å²) in [5, 5.41) is 1.51. The summed E-state index contributed by atoms with van der Waals surface area (Å²) in [7, 11) is -1.37. The minimum atomic E-state index is -1.53. The van der Waals surface area contributed by atoms with Gasteiger partial charge in [-0.05, 0) is 55.0 Å². The van der Waals surface area contributed by atoms with Gasteiger partial charge in [0.25, 0.3) is 0 Å². The Morgan fingerprint density at radius 1 is 0.585 bits per heavy atom. The molecule has 0 bridgehead atoms. The van der Waals surface area contributed by atoms with Crippen molar-refractivity contribution in [3.8, 4) is 0 Å². The van der Waals surface area contributed by atoms with Crippen molar-refractivity contribution in [1.82, 2.24) is 0 Å². The highest BCUT2D eigenvalue weighted by Crippen LogP contribution is 2.41. The third-order valence-corrected chi connectivity index (χ3v) is 17.5. The van der Waals surface area contributed by atoms with Crippen LogP contribution in [0.3, 0.4) is 0 Å². The van der Waals surface area contributed by atoms with E-state index >= 15 is 0 Å². The van der Waals surface area contributed by atoms with Gasteiger partial charge in [0.05, 0.1) is 0 Å². The molecule has 0 aliphatic heterocycles. The molecule has 0 aliphatic rings. The second-order valence-corrected chi connectivity index (χ2v) is 22.3. The van der Waals surface area contributed by atoms with Crippen LogP contribution in [0, 0.1) is 0 Å². The summed E-state index contributed by atoms with van der Waals surface area (Å²) in [6, 6.07) is 11.1. The summed E-state index contributed by atoms with van der Waals surface area (Å²) in [5.74, 6) is 0. The maximum Gasteiger partial charge on any atom is 0.191 e. The number of hydrogen-bond acceptors (Lipinski definition) is 1. The first-order valence-corrected chi connectivity index (χ1v) is 23.7. The fraction of sp³-hybridized carbons (Fsp3) is 0.838. The van der Waals surface area contributed by atoms with E-state index in [1.54, 1.807) is 0 Å². The second-order valence-electron chi connectivity index (χ2n) is 14.1. The van der Waals surface area contributed by atoms with E-state index in [0.717, 1.165) is 6.61 Å². The molecule has 0 saturated carbocycles. The van der Waals surface area contributed by atoms with Gasteiger partial charge in [0.2, 0.25) is 0 Å². The van der Waals surface area contributed by atoms with Crippen LogP contribution < -0.4 is 0 Å². The topological polar surface area (TPSA) is 9.23 Å². The number of unbranched alkanes of at least 4 members (excludes halogenated alkanes) is 19. The molecular weight excluding hydrogens is 599 g/mol. The Morgan fingerprint density at radius 3 is 1.37 bits per heavy atom. The third kappa shape index (κ3) is 22.5. The zero-order valence-electron chi connectivity index (χ0n) is 28.3.